The molecule has 0 fully saturated rings. The summed E-state index contributed by atoms with van der Waals surface area (Å²) in [5, 5.41) is 15.2. The third-order valence-corrected chi connectivity index (χ3v) is 5.00. The van der Waals surface area contributed by atoms with E-state index in [1.807, 2.05) is 48.1 Å². The summed E-state index contributed by atoms with van der Waals surface area (Å²) in [5.74, 6) is 1.05. The minimum Gasteiger partial charge on any atom is -1.00 e. The predicted octanol–water partition coefficient (Wildman–Crippen LogP) is -0.727. The number of rotatable bonds is 3. The zero-order chi connectivity index (χ0) is 19.4. The second-order valence-electron chi connectivity index (χ2n) is 6.76. The molecule has 29 heavy (non-hydrogen) atoms. The Kier molecular flexibility index (Phi) is 4.47. The topological polar surface area (TPSA) is 94.9 Å². The van der Waals surface area contributed by atoms with Crippen molar-refractivity contribution in [3.8, 4) is 23.0 Å². The number of hydrogen-bond acceptors (Lipinski definition) is 5. The zero-order valence-electron chi connectivity index (χ0n) is 15.4. The summed E-state index contributed by atoms with van der Waals surface area (Å²) >= 11 is 0. The summed E-state index contributed by atoms with van der Waals surface area (Å²) in [4.78, 5) is 11.0. The van der Waals surface area contributed by atoms with Crippen LogP contribution in [0.4, 0.5) is 0 Å². The molecule has 0 spiro atoms. The fraction of sp³-hybridized carbons (Fsp3) is 0.143. The van der Waals surface area contributed by atoms with E-state index < -0.39 is 5.91 Å². The quantitative estimate of drug-likeness (QED) is 0.342. The number of phenols is 1. The molecule has 3 aromatic carbocycles. The van der Waals surface area contributed by atoms with Gasteiger partial charge in [0.25, 0.3) is 5.91 Å². The predicted molar refractivity (Wildman–Crippen MR) is 103 cm³/mol. The van der Waals surface area contributed by atoms with Crippen LogP contribution in [0.2, 0.25) is 0 Å². The number of aryl methyl sites for hydroxylation is 1. The Labute approximate surface area is 171 Å². The molecule has 0 bridgehead atoms. The number of pyridine rings is 1. The van der Waals surface area contributed by atoms with Crippen LogP contribution in [-0.4, -0.2) is 24.4 Å². The van der Waals surface area contributed by atoms with Gasteiger partial charge in [0.1, 0.15) is 7.05 Å². The lowest BCUT2D eigenvalue weighted by atomic mass is 10.00. The van der Waals surface area contributed by atoms with Crippen molar-refractivity contribution < 1.29 is 41.1 Å². The van der Waals surface area contributed by atoms with Gasteiger partial charge < -0.3 is 37.5 Å². The maximum atomic E-state index is 11.0. The Morgan fingerprint density at radius 1 is 1.10 bits per heavy atom. The molecule has 8 heteroatoms. The highest BCUT2D eigenvalue weighted by Crippen LogP contribution is 2.41. The van der Waals surface area contributed by atoms with Crippen molar-refractivity contribution in [2.75, 3.05) is 13.4 Å². The summed E-state index contributed by atoms with van der Waals surface area (Å²) in [5.41, 5.74) is 6.13. The molecule has 0 unspecified atom stereocenters. The molecule has 0 atom stereocenters. The van der Waals surface area contributed by atoms with Crippen LogP contribution in [0, 0.1) is 0 Å². The van der Waals surface area contributed by atoms with Crippen LogP contribution < -0.4 is 36.9 Å². The van der Waals surface area contributed by atoms with Crippen LogP contribution >= 0.6 is 0 Å². The highest BCUT2D eigenvalue weighted by atomic mass is 35.5. The molecule has 0 saturated carbocycles. The number of amides is 1. The molecule has 1 aliphatic rings. The monoisotopic (exact) mass is 412 g/mol. The third kappa shape index (κ3) is 2.91. The first-order valence-electron chi connectivity index (χ1n) is 8.74. The Balaban J connectivity index is 0.00000205. The number of nitrogens with two attached hydrogens (primary N) is 1. The number of nitrogens with zero attached hydrogens (tertiary/aromatic N) is 1. The van der Waals surface area contributed by atoms with Gasteiger partial charge in [-0.15, -0.1) is 0 Å². The van der Waals surface area contributed by atoms with Crippen molar-refractivity contribution in [2.45, 2.75) is 0 Å². The van der Waals surface area contributed by atoms with E-state index in [1.54, 1.807) is 6.07 Å². The fourth-order valence-corrected chi connectivity index (χ4v) is 3.77. The van der Waals surface area contributed by atoms with E-state index in [4.69, 9.17) is 19.9 Å². The SMILES string of the molecule is C[n+]1cc2c(O)c(OCC(N)=O)ccc2c2ccc3cc4c(cc3c21)OCO4.[Cl-]. The maximum Gasteiger partial charge on any atom is 0.255 e. The number of aromatic hydroxyl groups is 1. The van der Waals surface area contributed by atoms with Crippen molar-refractivity contribution in [1.82, 2.24) is 0 Å². The maximum absolute atomic E-state index is 11.0. The Morgan fingerprint density at radius 2 is 1.83 bits per heavy atom. The summed E-state index contributed by atoms with van der Waals surface area (Å²) in [6, 6.07) is 11.5. The first kappa shape index (κ1) is 18.9. The average molecular weight is 413 g/mol. The highest BCUT2D eigenvalue weighted by Gasteiger charge is 2.21. The summed E-state index contributed by atoms with van der Waals surface area (Å²) < 4.78 is 18.3. The molecule has 5 rings (SSSR count). The van der Waals surface area contributed by atoms with Gasteiger partial charge in [0.05, 0.1) is 16.2 Å². The van der Waals surface area contributed by atoms with E-state index in [1.165, 1.54) is 0 Å². The standard InChI is InChI=1S/C21H16N2O5.ClH/c1-23-8-15-12(4-5-16(21(15)25)26-9-19(22)24)13-3-2-11-6-17-18(28-10-27-17)7-14(11)20(13)23;/h2-8H,9-10H2,1H3,(H2,22,24);1H. The van der Waals surface area contributed by atoms with Gasteiger partial charge in [-0.3, -0.25) is 4.79 Å². The number of hydrogen-bond donors (Lipinski definition) is 2. The number of benzene rings is 3. The van der Waals surface area contributed by atoms with E-state index >= 15 is 0 Å². The second-order valence-corrected chi connectivity index (χ2v) is 6.76. The summed E-state index contributed by atoms with van der Waals surface area (Å²) in [6.45, 7) is -0.0722. The first-order chi connectivity index (χ1) is 13.5. The number of fused-ring (bicyclic) bond motifs is 6. The number of carbonyl (C=O) groups excluding carboxylic acids is 1. The van der Waals surface area contributed by atoms with Crippen molar-refractivity contribution in [2.24, 2.45) is 12.8 Å². The number of halogens is 1. The van der Waals surface area contributed by atoms with Gasteiger partial charge in [0, 0.05) is 5.39 Å². The minimum atomic E-state index is -0.603. The smallest absolute Gasteiger partial charge is 0.255 e. The number of phenolic OH excluding ortho intramolecular Hbond substituents is 1. The molecule has 7 nitrogen and oxygen atoms in total. The van der Waals surface area contributed by atoms with Gasteiger partial charge in [-0.2, -0.15) is 4.57 Å². The van der Waals surface area contributed by atoms with Gasteiger partial charge in [-0.05, 0) is 35.7 Å². The normalized spacial score (nSPS) is 12.3. The van der Waals surface area contributed by atoms with Crippen LogP contribution in [0.5, 0.6) is 23.0 Å². The van der Waals surface area contributed by atoms with Gasteiger partial charge in [0.2, 0.25) is 12.3 Å². The minimum absolute atomic E-state index is 0. The Hall–Kier alpha value is -3.45. The molecule has 0 aliphatic carbocycles. The number of carbonyl (C=O) groups is 1. The molecule has 148 valence electrons. The van der Waals surface area contributed by atoms with Crippen LogP contribution in [0.1, 0.15) is 0 Å². The van der Waals surface area contributed by atoms with E-state index in [0.29, 0.717) is 5.39 Å². The largest absolute Gasteiger partial charge is 1.00 e. The highest BCUT2D eigenvalue weighted by molar-refractivity contribution is 6.15. The molecular formula is C21H17ClN2O5. The van der Waals surface area contributed by atoms with E-state index in [9.17, 15) is 9.90 Å². The fourth-order valence-electron chi connectivity index (χ4n) is 3.77. The molecule has 0 saturated heterocycles. The molecule has 1 aliphatic heterocycles. The van der Waals surface area contributed by atoms with Crippen molar-refractivity contribution in [1.29, 1.82) is 0 Å². The van der Waals surface area contributed by atoms with E-state index in [0.717, 1.165) is 38.6 Å². The van der Waals surface area contributed by atoms with Crippen LogP contribution in [0.25, 0.3) is 32.4 Å². The van der Waals surface area contributed by atoms with Crippen molar-refractivity contribution in [3.63, 3.8) is 0 Å². The molecule has 2 heterocycles. The lowest BCUT2D eigenvalue weighted by molar-refractivity contribution is -0.642. The third-order valence-electron chi connectivity index (χ3n) is 5.00. The molecule has 0 radical (unpaired) electrons. The number of aromatic nitrogens is 1. The zero-order valence-corrected chi connectivity index (χ0v) is 16.2. The number of ether oxygens (including phenoxy) is 3. The second kappa shape index (κ2) is 6.86. The van der Waals surface area contributed by atoms with Crippen LogP contribution in [-0.2, 0) is 11.8 Å². The Bertz CT molecular complexity index is 1310. The van der Waals surface area contributed by atoms with Crippen LogP contribution in [0.15, 0.2) is 42.6 Å². The van der Waals surface area contributed by atoms with Crippen molar-refractivity contribution in [3.05, 3.63) is 42.6 Å². The average Bonchev–Trinajstić information content (AvgIpc) is 3.13. The summed E-state index contributed by atoms with van der Waals surface area (Å²) in [7, 11) is 1.92. The molecule has 3 N–H and O–H groups in total. The lowest BCUT2D eigenvalue weighted by Gasteiger charge is -2.11. The number of primary amides is 1. The van der Waals surface area contributed by atoms with Crippen LogP contribution in [0.3, 0.4) is 0 Å². The molecule has 4 aromatic rings. The van der Waals surface area contributed by atoms with Gasteiger partial charge >= 0.3 is 0 Å². The van der Waals surface area contributed by atoms with Gasteiger partial charge in [-0.25, -0.2) is 0 Å². The Morgan fingerprint density at radius 3 is 2.59 bits per heavy atom. The van der Waals surface area contributed by atoms with E-state index in [-0.39, 0.29) is 37.3 Å². The molecule has 1 amide bonds. The van der Waals surface area contributed by atoms with Crippen molar-refractivity contribution >= 4 is 38.4 Å². The van der Waals surface area contributed by atoms with Gasteiger partial charge in [-0.1, -0.05) is 6.07 Å². The van der Waals surface area contributed by atoms with E-state index in [2.05, 4.69) is 0 Å². The summed E-state index contributed by atoms with van der Waals surface area (Å²) in [6.07, 6.45) is 1.84. The lowest BCUT2D eigenvalue weighted by Crippen LogP contribution is -3.00. The molecule has 1 aromatic heterocycles. The first-order valence-corrected chi connectivity index (χ1v) is 8.74. The van der Waals surface area contributed by atoms with Gasteiger partial charge in [0.15, 0.2) is 35.8 Å². The molecular weight excluding hydrogens is 396 g/mol.